The maximum Gasteiger partial charge on any atom is 0.274 e. The zero-order valence-corrected chi connectivity index (χ0v) is 11.2. The van der Waals surface area contributed by atoms with Crippen LogP contribution in [-0.2, 0) is 26.6 Å². The van der Waals surface area contributed by atoms with E-state index in [2.05, 4.69) is 14.8 Å². The Balaban J connectivity index is 2.97. The second kappa shape index (κ2) is 5.67. The number of carbonyl (C=O) groups is 1. The summed E-state index contributed by atoms with van der Waals surface area (Å²) in [5.74, 6) is -0.670. The first kappa shape index (κ1) is 14.9. The van der Waals surface area contributed by atoms with Gasteiger partial charge in [-0.2, -0.15) is 4.99 Å². The molecular weight excluding hydrogens is 284 g/mol. The SMILES string of the molecule is CC(O)OCC(=O)N=c1sc(S(N)(=O)=O)nn1C. The predicted molar refractivity (Wildman–Crippen MR) is 60.7 cm³/mol. The van der Waals surface area contributed by atoms with Crippen LogP contribution in [-0.4, -0.2) is 42.1 Å². The maximum atomic E-state index is 11.3. The molecule has 0 aromatic carbocycles. The van der Waals surface area contributed by atoms with Crippen molar-refractivity contribution in [2.24, 2.45) is 17.2 Å². The zero-order valence-electron chi connectivity index (χ0n) is 9.60. The van der Waals surface area contributed by atoms with Crippen LogP contribution < -0.4 is 9.94 Å². The Labute approximate surface area is 107 Å². The number of sulfonamides is 1. The standard InChI is InChI=1S/C7H12N4O5S2/c1-4(12)16-3-5(13)9-6-11(2)10-7(17-6)18(8,14)15/h4,12H,3H2,1-2H3,(H2,8,14,15). The number of carbonyl (C=O) groups excluding carboxylic acids is 1. The lowest BCUT2D eigenvalue weighted by atomic mass is 10.6. The molecule has 11 heteroatoms. The number of aliphatic hydroxyl groups is 1. The topological polar surface area (TPSA) is 137 Å². The van der Waals surface area contributed by atoms with Gasteiger partial charge in [-0.05, 0) is 6.92 Å². The summed E-state index contributed by atoms with van der Waals surface area (Å²) in [6.07, 6.45) is -1.08. The van der Waals surface area contributed by atoms with Gasteiger partial charge >= 0.3 is 0 Å². The number of aryl methyl sites for hydroxylation is 1. The second-order valence-electron chi connectivity index (χ2n) is 3.24. The lowest BCUT2D eigenvalue weighted by Gasteiger charge is -2.01. The number of aromatic nitrogens is 2. The van der Waals surface area contributed by atoms with Gasteiger partial charge in [0.2, 0.25) is 9.14 Å². The number of nitrogens with two attached hydrogens (primary N) is 1. The van der Waals surface area contributed by atoms with Gasteiger partial charge in [0.15, 0.2) is 6.29 Å². The van der Waals surface area contributed by atoms with E-state index in [4.69, 9.17) is 10.2 Å². The number of amides is 1. The predicted octanol–water partition coefficient (Wildman–Crippen LogP) is -2.09. The fraction of sp³-hybridized carbons (Fsp3) is 0.571. The summed E-state index contributed by atoms with van der Waals surface area (Å²) in [4.78, 5) is 15.0. The van der Waals surface area contributed by atoms with Crippen molar-refractivity contribution in [2.45, 2.75) is 17.6 Å². The minimum atomic E-state index is -3.92. The van der Waals surface area contributed by atoms with Crippen LogP contribution in [0.2, 0.25) is 0 Å². The molecule has 1 aromatic rings. The van der Waals surface area contributed by atoms with Gasteiger partial charge in [0.25, 0.3) is 15.9 Å². The van der Waals surface area contributed by atoms with Gasteiger partial charge in [-0.3, -0.25) is 4.79 Å². The minimum Gasteiger partial charge on any atom is -0.368 e. The molecule has 1 unspecified atom stereocenters. The molecule has 1 heterocycles. The Bertz CT molecular complexity index is 600. The van der Waals surface area contributed by atoms with Gasteiger partial charge in [0.1, 0.15) is 6.61 Å². The molecule has 3 N–H and O–H groups in total. The molecule has 0 aliphatic heterocycles. The molecule has 1 rings (SSSR count). The summed E-state index contributed by atoms with van der Waals surface area (Å²) in [6, 6.07) is 0. The summed E-state index contributed by atoms with van der Waals surface area (Å²) in [7, 11) is -2.50. The number of nitrogens with zero attached hydrogens (tertiary/aromatic N) is 3. The van der Waals surface area contributed by atoms with Gasteiger partial charge in [-0.1, -0.05) is 11.3 Å². The number of primary sulfonamides is 1. The summed E-state index contributed by atoms with van der Waals surface area (Å²) in [5.41, 5.74) is 0. The van der Waals surface area contributed by atoms with Crippen molar-refractivity contribution in [1.82, 2.24) is 9.78 Å². The molecule has 1 aromatic heterocycles. The lowest BCUT2D eigenvalue weighted by molar-refractivity contribution is -0.135. The Morgan fingerprint density at radius 1 is 1.72 bits per heavy atom. The van der Waals surface area contributed by atoms with Crippen LogP contribution in [0.25, 0.3) is 0 Å². The molecule has 0 aliphatic carbocycles. The highest BCUT2D eigenvalue weighted by atomic mass is 32.2. The third-order valence-electron chi connectivity index (χ3n) is 1.60. The van der Waals surface area contributed by atoms with Crippen LogP contribution in [0.4, 0.5) is 0 Å². The van der Waals surface area contributed by atoms with E-state index in [-0.39, 0.29) is 9.14 Å². The van der Waals surface area contributed by atoms with Crippen molar-refractivity contribution in [3.05, 3.63) is 4.80 Å². The molecule has 9 nitrogen and oxygen atoms in total. The molecule has 0 bridgehead atoms. The van der Waals surface area contributed by atoms with E-state index >= 15 is 0 Å². The summed E-state index contributed by atoms with van der Waals surface area (Å²) in [5, 5.41) is 17.3. The quantitative estimate of drug-likeness (QED) is 0.611. The normalized spacial score (nSPS) is 14.8. The molecule has 18 heavy (non-hydrogen) atoms. The second-order valence-corrected chi connectivity index (χ2v) is 5.93. The van der Waals surface area contributed by atoms with Crippen molar-refractivity contribution in [3.8, 4) is 0 Å². The van der Waals surface area contributed by atoms with Crippen LogP contribution in [0.1, 0.15) is 6.92 Å². The Morgan fingerprint density at radius 2 is 2.33 bits per heavy atom. The van der Waals surface area contributed by atoms with Gasteiger partial charge in [0, 0.05) is 7.05 Å². The van der Waals surface area contributed by atoms with Crippen molar-refractivity contribution < 1.29 is 23.1 Å². The fourth-order valence-corrected chi connectivity index (χ4v) is 2.44. The zero-order chi connectivity index (χ0) is 13.9. The molecule has 0 aliphatic rings. The minimum absolute atomic E-state index is 0.0678. The number of hydrogen-bond donors (Lipinski definition) is 2. The summed E-state index contributed by atoms with van der Waals surface area (Å²) >= 11 is 0.662. The highest BCUT2D eigenvalue weighted by Gasteiger charge is 2.14. The van der Waals surface area contributed by atoms with E-state index in [1.807, 2.05) is 0 Å². The lowest BCUT2D eigenvalue weighted by Crippen LogP contribution is -2.19. The third kappa shape index (κ3) is 4.27. The van der Waals surface area contributed by atoms with Crippen LogP contribution >= 0.6 is 11.3 Å². The van der Waals surface area contributed by atoms with Gasteiger partial charge < -0.3 is 9.84 Å². The summed E-state index contributed by atoms with van der Waals surface area (Å²) < 4.78 is 27.5. The van der Waals surface area contributed by atoms with Crippen molar-refractivity contribution in [1.29, 1.82) is 0 Å². The molecule has 0 radical (unpaired) electrons. The first-order chi connectivity index (χ1) is 8.20. The highest BCUT2D eigenvalue weighted by molar-refractivity contribution is 7.91. The van der Waals surface area contributed by atoms with Crippen molar-refractivity contribution in [3.63, 3.8) is 0 Å². The Morgan fingerprint density at radius 3 is 2.78 bits per heavy atom. The van der Waals surface area contributed by atoms with Gasteiger partial charge in [0.05, 0.1) is 0 Å². The smallest absolute Gasteiger partial charge is 0.274 e. The van der Waals surface area contributed by atoms with Crippen LogP contribution in [0.15, 0.2) is 9.33 Å². The largest absolute Gasteiger partial charge is 0.368 e. The number of hydrogen-bond acceptors (Lipinski definition) is 7. The maximum absolute atomic E-state index is 11.3. The van der Waals surface area contributed by atoms with E-state index in [0.717, 1.165) is 4.68 Å². The average molecular weight is 296 g/mol. The van der Waals surface area contributed by atoms with E-state index in [1.54, 1.807) is 0 Å². The molecule has 0 fully saturated rings. The first-order valence-electron chi connectivity index (χ1n) is 4.64. The molecule has 1 amide bonds. The molecule has 102 valence electrons. The first-order valence-corrected chi connectivity index (χ1v) is 7.00. The van der Waals surface area contributed by atoms with Crippen LogP contribution in [0, 0.1) is 0 Å². The number of aliphatic hydroxyl groups excluding tert-OH is 1. The number of ether oxygens (including phenoxy) is 1. The van der Waals surface area contributed by atoms with Gasteiger partial charge in [-0.25, -0.2) is 18.2 Å². The fourth-order valence-electron chi connectivity index (χ4n) is 0.871. The van der Waals surface area contributed by atoms with Gasteiger partial charge in [-0.15, -0.1) is 5.10 Å². The Hall–Kier alpha value is -1.14. The van der Waals surface area contributed by atoms with Crippen LogP contribution in [0.3, 0.4) is 0 Å². The average Bonchev–Trinajstić information content (AvgIpc) is 2.57. The Kier molecular flexibility index (Phi) is 4.70. The van der Waals surface area contributed by atoms with E-state index < -0.39 is 28.8 Å². The molecule has 0 spiro atoms. The highest BCUT2D eigenvalue weighted by Crippen LogP contribution is 2.04. The number of rotatable bonds is 4. The van der Waals surface area contributed by atoms with E-state index in [0.29, 0.717) is 11.3 Å². The van der Waals surface area contributed by atoms with E-state index in [1.165, 1.54) is 14.0 Å². The van der Waals surface area contributed by atoms with Crippen molar-refractivity contribution >= 4 is 27.3 Å². The van der Waals surface area contributed by atoms with Crippen LogP contribution in [0.5, 0.6) is 0 Å². The molecule has 0 saturated heterocycles. The third-order valence-corrected chi connectivity index (χ3v) is 3.91. The summed E-state index contributed by atoms with van der Waals surface area (Å²) in [6.45, 7) is 0.930. The monoisotopic (exact) mass is 296 g/mol. The molecular formula is C7H12N4O5S2. The van der Waals surface area contributed by atoms with E-state index in [9.17, 15) is 13.2 Å². The molecule has 1 atom stereocenters. The van der Waals surface area contributed by atoms with Crippen molar-refractivity contribution in [2.75, 3.05) is 6.61 Å². The molecule has 0 saturated carbocycles.